The van der Waals surface area contributed by atoms with Crippen LogP contribution in [0.4, 0.5) is 19.0 Å². The molecule has 5 rings (SSSR count). The highest BCUT2D eigenvalue weighted by atomic mass is 35.5. The summed E-state index contributed by atoms with van der Waals surface area (Å²) in [6.07, 6.45) is -1.34. The van der Waals surface area contributed by atoms with E-state index in [4.69, 9.17) is 11.6 Å². The molecule has 1 amide bonds. The lowest BCUT2D eigenvalue weighted by molar-refractivity contribution is -0.137. The summed E-state index contributed by atoms with van der Waals surface area (Å²) in [5.41, 5.74) is 1.71. The van der Waals surface area contributed by atoms with E-state index in [1.54, 1.807) is 18.2 Å². The summed E-state index contributed by atoms with van der Waals surface area (Å²) in [6, 6.07) is 19.4. The molecule has 4 aromatic rings. The van der Waals surface area contributed by atoms with E-state index in [1.807, 2.05) is 37.3 Å². The maximum absolute atomic E-state index is 13.2. The number of halogens is 4. The van der Waals surface area contributed by atoms with E-state index in [1.165, 1.54) is 30.3 Å². The second-order valence-electron chi connectivity index (χ2n) is 9.82. The zero-order valence-electron chi connectivity index (χ0n) is 22.7. The summed E-state index contributed by atoms with van der Waals surface area (Å²) < 4.78 is 67.2. The smallest absolute Gasteiger partial charge is 0.364 e. The normalized spacial score (nSPS) is 16.3. The molecule has 2 N–H and O–H groups in total. The highest BCUT2D eigenvalue weighted by Gasteiger charge is 2.37. The summed E-state index contributed by atoms with van der Waals surface area (Å²) in [5, 5.41) is 6.12. The van der Waals surface area contributed by atoms with Crippen molar-refractivity contribution in [1.29, 1.82) is 0 Å². The van der Waals surface area contributed by atoms with Gasteiger partial charge in [-0.1, -0.05) is 66.2 Å². The Hall–Kier alpha value is -3.71. The van der Waals surface area contributed by atoms with E-state index in [2.05, 4.69) is 15.6 Å². The number of rotatable bonds is 9. The molecule has 3 heterocycles. The van der Waals surface area contributed by atoms with Crippen molar-refractivity contribution in [3.63, 3.8) is 0 Å². The average molecular weight is 647 g/mol. The number of aromatic nitrogens is 1. The summed E-state index contributed by atoms with van der Waals surface area (Å²) in [7, 11) is -3.95. The number of pyridine rings is 1. The number of amides is 1. The number of nitrogens with zero attached hydrogens (tertiary/aromatic N) is 2. The van der Waals surface area contributed by atoms with Gasteiger partial charge in [0.2, 0.25) is 5.91 Å². The first-order valence-electron chi connectivity index (χ1n) is 13.1. The number of hydrogen-bond donors (Lipinski definition) is 2. The van der Waals surface area contributed by atoms with Gasteiger partial charge in [0.1, 0.15) is 16.1 Å². The molecular formula is C30H26ClF3N4O3S2. The van der Waals surface area contributed by atoms with Crippen LogP contribution in [0.3, 0.4) is 0 Å². The van der Waals surface area contributed by atoms with Crippen LogP contribution in [0, 0.1) is 0 Å². The molecular weight excluding hydrogens is 621 g/mol. The molecule has 1 aliphatic rings. The second kappa shape index (κ2) is 12.5. The van der Waals surface area contributed by atoms with E-state index in [-0.39, 0.29) is 23.3 Å². The van der Waals surface area contributed by atoms with Crippen molar-refractivity contribution in [2.45, 2.75) is 35.9 Å². The van der Waals surface area contributed by atoms with E-state index in [0.29, 0.717) is 27.0 Å². The van der Waals surface area contributed by atoms with Gasteiger partial charge in [0.25, 0.3) is 10.0 Å². The third kappa shape index (κ3) is 7.10. The van der Waals surface area contributed by atoms with Gasteiger partial charge < -0.3 is 10.6 Å². The summed E-state index contributed by atoms with van der Waals surface area (Å²) >= 11 is 6.85. The number of alkyl halides is 3. The first-order valence-corrected chi connectivity index (χ1v) is 15.8. The molecule has 2 aromatic carbocycles. The van der Waals surface area contributed by atoms with Gasteiger partial charge in [-0.3, -0.25) is 4.79 Å². The number of anilines is 1. The largest absolute Gasteiger partial charge is 0.416 e. The zero-order chi connectivity index (χ0) is 30.8. The molecule has 43 heavy (non-hydrogen) atoms. The van der Waals surface area contributed by atoms with Crippen molar-refractivity contribution in [3.05, 3.63) is 112 Å². The third-order valence-corrected chi connectivity index (χ3v) is 10.4. The van der Waals surface area contributed by atoms with Gasteiger partial charge in [-0.15, -0.1) is 11.3 Å². The predicted molar refractivity (Wildman–Crippen MR) is 161 cm³/mol. The molecule has 0 fully saturated rings. The van der Waals surface area contributed by atoms with E-state index >= 15 is 0 Å². The Labute approximate surface area is 256 Å². The lowest BCUT2D eigenvalue weighted by Gasteiger charge is -2.22. The SMILES string of the molecule is CC(Nc1cc(CNC(=O)C2C=CCN2S(=O)(=O)c2ccc(Cl)s2)cc(-c2ccc(C(F)(F)F)cc2)n1)c1ccccc1. The van der Waals surface area contributed by atoms with Crippen LogP contribution in [0.2, 0.25) is 4.34 Å². The van der Waals surface area contributed by atoms with E-state index in [0.717, 1.165) is 33.3 Å². The van der Waals surface area contributed by atoms with Crippen LogP contribution in [-0.4, -0.2) is 36.2 Å². The van der Waals surface area contributed by atoms with Crippen LogP contribution >= 0.6 is 22.9 Å². The lowest BCUT2D eigenvalue weighted by atomic mass is 10.1. The van der Waals surface area contributed by atoms with Crippen LogP contribution in [-0.2, 0) is 27.5 Å². The second-order valence-corrected chi connectivity index (χ2v) is 13.7. The number of carbonyl (C=O) groups excluding carboxylic acids is 1. The van der Waals surface area contributed by atoms with Crippen molar-refractivity contribution in [2.75, 3.05) is 11.9 Å². The molecule has 0 bridgehead atoms. The molecule has 0 saturated heterocycles. The Bertz CT molecular complexity index is 1740. The lowest BCUT2D eigenvalue weighted by Crippen LogP contribution is -2.45. The van der Waals surface area contributed by atoms with Crippen LogP contribution in [0.25, 0.3) is 11.3 Å². The summed E-state index contributed by atoms with van der Waals surface area (Å²) in [4.78, 5) is 17.8. The van der Waals surface area contributed by atoms with E-state index in [9.17, 15) is 26.4 Å². The topological polar surface area (TPSA) is 91.4 Å². The number of benzene rings is 2. The Morgan fingerprint density at radius 3 is 2.47 bits per heavy atom. The minimum Gasteiger partial charge on any atom is -0.364 e. The maximum Gasteiger partial charge on any atom is 0.416 e. The van der Waals surface area contributed by atoms with Crippen LogP contribution < -0.4 is 10.6 Å². The molecule has 0 spiro atoms. The first kappa shape index (κ1) is 30.7. The van der Waals surface area contributed by atoms with Crippen molar-refractivity contribution < 1.29 is 26.4 Å². The molecule has 224 valence electrons. The fraction of sp³-hybridized carbons (Fsp3) is 0.200. The first-order chi connectivity index (χ1) is 20.4. The molecule has 2 unspecified atom stereocenters. The number of thiophene rings is 1. The van der Waals surface area contributed by atoms with Crippen LogP contribution in [0.1, 0.15) is 29.7 Å². The van der Waals surface area contributed by atoms with Gasteiger partial charge in [-0.2, -0.15) is 17.5 Å². The summed E-state index contributed by atoms with van der Waals surface area (Å²) in [6.45, 7) is 2.01. The minimum atomic E-state index is -4.47. The molecule has 7 nitrogen and oxygen atoms in total. The van der Waals surface area contributed by atoms with Crippen molar-refractivity contribution in [2.24, 2.45) is 0 Å². The molecule has 0 aliphatic carbocycles. The Morgan fingerprint density at radius 1 is 1.09 bits per heavy atom. The molecule has 2 aromatic heterocycles. The number of sulfonamides is 1. The fourth-order valence-electron chi connectivity index (χ4n) is 4.60. The maximum atomic E-state index is 13.2. The third-order valence-electron chi connectivity index (χ3n) is 6.82. The average Bonchev–Trinajstić information content (AvgIpc) is 3.66. The molecule has 2 atom stereocenters. The monoisotopic (exact) mass is 646 g/mol. The van der Waals surface area contributed by atoms with Crippen LogP contribution in [0.15, 0.2) is 95.2 Å². The molecule has 0 saturated carbocycles. The van der Waals surface area contributed by atoms with Gasteiger partial charge in [-0.05, 0) is 54.4 Å². The predicted octanol–water partition coefficient (Wildman–Crippen LogP) is 6.90. The van der Waals surface area contributed by atoms with Crippen molar-refractivity contribution in [3.8, 4) is 11.3 Å². The number of carbonyl (C=O) groups is 1. The van der Waals surface area contributed by atoms with Gasteiger partial charge in [0.15, 0.2) is 0 Å². The number of nitrogens with one attached hydrogen (secondary N) is 2. The quantitative estimate of drug-likeness (QED) is 0.193. The molecule has 0 radical (unpaired) electrons. The van der Waals surface area contributed by atoms with E-state index < -0.39 is 33.7 Å². The standard InChI is InChI=1S/C30H26ClF3N4O3S2/c1-19(21-6-3-2-4-7-21)36-27-17-20(16-24(37-27)22-9-11-23(12-10-22)30(32,33)34)18-35-29(39)25-8-5-15-38(25)43(40,41)28-14-13-26(31)42-28/h2-14,16-17,19,25H,15,18H2,1H3,(H,35,39)(H,36,37). The molecule has 1 aliphatic heterocycles. The molecule has 13 heteroatoms. The Kier molecular flexibility index (Phi) is 8.93. The van der Waals surface area contributed by atoms with Gasteiger partial charge in [0.05, 0.1) is 15.6 Å². The van der Waals surface area contributed by atoms with Crippen molar-refractivity contribution >= 4 is 44.7 Å². The highest BCUT2D eigenvalue weighted by molar-refractivity contribution is 7.91. The zero-order valence-corrected chi connectivity index (χ0v) is 25.1. The summed E-state index contributed by atoms with van der Waals surface area (Å²) in [5.74, 6) is -0.0717. The fourth-order valence-corrected chi connectivity index (χ4v) is 7.71. The van der Waals surface area contributed by atoms with Gasteiger partial charge >= 0.3 is 6.18 Å². The Morgan fingerprint density at radius 2 is 1.81 bits per heavy atom. The minimum absolute atomic E-state index is 0.0203. The highest BCUT2D eigenvalue weighted by Crippen LogP contribution is 2.32. The van der Waals surface area contributed by atoms with Crippen LogP contribution in [0.5, 0.6) is 0 Å². The van der Waals surface area contributed by atoms with Crippen molar-refractivity contribution in [1.82, 2.24) is 14.6 Å². The Balaban J connectivity index is 1.38. The number of hydrogen-bond acceptors (Lipinski definition) is 6. The van der Waals surface area contributed by atoms with Gasteiger partial charge in [0, 0.05) is 24.7 Å². The van der Waals surface area contributed by atoms with Gasteiger partial charge in [-0.25, -0.2) is 13.4 Å².